The van der Waals surface area contributed by atoms with Crippen molar-refractivity contribution in [2.45, 2.75) is 6.92 Å². The molecule has 1 aliphatic heterocycles. The van der Waals surface area contributed by atoms with Gasteiger partial charge in [-0.2, -0.15) is 0 Å². The van der Waals surface area contributed by atoms with E-state index in [4.69, 9.17) is 21.1 Å². The predicted molar refractivity (Wildman–Crippen MR) is 95.7 cm³/mol. The van der Waals surface area contributed by atoms with E-state index in [1.54, 1.807) is 24.3 Å². The number of halogens is 1. The molecular formula is C18H17ClN2O4. The van der Waals surface area contributed by atoms with Crippen LogP contribution in [0.2, 0.25) is 5.02 Å². The highest BCUT2D eigenvalue weighted by atomic mass is 35.5. The first kappa shape index (κ1) is 17.1. The van der Waals surface area contributed by atoms with Crippen LogP contribution in [0.5, 0.6) is 11.5 Å². The van der Waals surface area contributed by atoms with E-state index in [0.717, 1.165) is 5.56 Å². The van der Waals surface area contributed by atoms with Crippen LogP contribution in [0.15, 0.2) is 36.4 Å². The summed E-state index contributed by atoms with van der Waals surface area (Å²) in [6.45, 7) is 1.74. The Hall–Kier alpha value is -2.73. The zero-order valence-corrected chi connectivity index (χ0v) is 14.6. The molecule has 1 aliphatic rings. The molecule has 0 saturated heterocycles. The second-order valence-electron chi connectivity index (χ2n) is 5.64. The second-order valence-corrected chi connectivity index (χ2v) is 6.04. The molecule has 3 rings (SSSR count). The largest absolute Gasteiger partial charge is 0.495 e. The van der Waals surface area contributed by atoms with Crippen LogP contribution in [-0.4, -0.2) is 32.1 Å². The number of nitrogens with one attached hydrogen (secondary N) is 1. The van der Waals surface area contributed by atoms with Crippen LogP contribution in [0.25, 0.3) is 0 Å². The molecule has 2 amide bonds. The molecule has 0 aliphatic carbocycles. The van der Waals surface area contributed by atoms with Crippen molar-refractivity contribution in [2.24, 2.45) is 0 Å². The first-order chi connectivity index (χ1) is 12.0. The maximum atomic E-state index is 12.3. The number of hydrogen-bond donors (Lipinski definition) is 1. The highest BCUT2D eigenvalue weighted by Crippen LogP contribution is 2.33. The van der Waals surface area contributed by atoms with Gasteiger partial charge in [0.05, 0.1) is 17.8 Å². The third-order valence-corrected chi connectivity index (χ3v) is 4.09. The third kappa shape index (κ3) is 3.69. The Kier molecular flexibility index (Phi) is 4.81. The van der Waals surface area contributed by atoms with Crippen molar-refractivity contribution in [1.29, 1.82) is 0 Å². The van der Waals surface area contributed by atoms with Gasteiger partial charge in [0.15, 0.2) is 6.61 Å². The summed E-state index contributed by atoms with van der Waals surface area (Å²) in [4.78, 5) is 25.9. The van der Waals surface area contributed by atoms with Crippen LogP contribution in [0, 0.1) is 6.92 Å². The van der Waals surface area contributed by atoms with Crippen LogP contribution >= 0.6 is 11.6 Å². The van der Waals surface area contributed by atoms with Crippen molar-refractivity contribution in [3.05, 3.63) is 47.0 Å². The number of hydrogen-bond acceptors (Lipinski definition) is 4. The van der Waals surface area contributed by atoms with E-state index in [-0.39, 0.29) is 25.0 Å². The molecule has 0 bridgehead atoms. The van der Waals surface area contributed by atoms with Crippen molar-refractivity contribution in [2.75, 3.05) is 30.5 Å². The summed E-state index contributed by atoms with van der Waals surface area (Å²) in [5.74, 6) is 0.523. The summed E-state index contributed by atoms with van der Waals surface area (Å²) in [6, 6.07) is 10.4. The van der Waals surface area contributed by atoms with Crippen molar-refractivity contribution in [3.63, 3.8) is 0 Å². The average molecular weight is 361 g/mol. The number of nitrogens with zero attached hydrogens (tertiary/aromatic N) is 1. The zero-order valence-electron chi connectivity index (χ0n) is 13.8. The van der Waals surface area contributed by atoms with Crippen molar-refractivity contribution in [1.82, 2.24) is 0 Å². The number of carbonyl (C=O) groups is 2. The van der Waals surface area contributed by atoms with Gasteiger partial charge in [-0.1, -0.05) is 17.7 Å². The monoisotopic (exact) mass is 360 g/mol. The Labute approximate surface area is 150 Å². The summed E-state index contributed by atoms with van der Waals surface area (Å²) in [7, 11) is 1.52. The molecule has 6 nitrogen and oxygen atoms in total. The SMILES string of the molecule is COc1ccc(NC(=O)CN2C(=O)COc3cc(C)ccc32)cc1Cl. The molecule has 0 radical (unpaired) electrons. The highest BCUT2D eigenvalue weighted by molar-refractivity contribution is 6.32. The molecule has 2 aromatic rings. The molecule has 0 saturated carbocycles. The highest BCUT2D eigenvalue weighted by Gasteiger charge is 2.27. The maximum absolute atomic E-state index is 12.3. The number of methoxy groups -OCH3 is 1. The lowest BCUT2D eigenvalue weighted by atomic mass is 10.1. The molecule has 1 N–H and O–H groups in total. The van der Waals surface area contributed by atoms with Gasteiger partial charge >= 0.3 is 0 Å². The van der Waals surface area contributed by atoms with Gasteiger partial charge in [0.2, 0.25) is 5.91 Å². The number of benzene rings is 2. The van der Waals surface area contributed by atoms with Crippen molar-refractivity contribution in [3.8, 4) is 11.5 Å². The quantitative estimate of drug-likeness (QED) is 0.910. The fourth-order valence-electron chi connectivity index (χ4n) is 2.57. The van der Waals surface area contributed by atoms with Gasteiger partial charge in [-0.15, -0.1) is 0 Å². The Bertz CT molecular complexity index is 838. The molecule has 0 spiro atoms. The molecule has 0 atom stereocenters. The standard InChI is InChI=1S/C18H17ClN2O4/c1-11-3-5-14-16(7-11)25-10-18(23)21(14)9-17(22)20-12-4-6-15(24-2)13(19)8-12/h3-8H,9-10H2,1-2H3,(H,20,22). The normalized spacial score (nSPS) is 13.1. The zero-order chi connectivity index (χ0) is 18.0. The lowest BCUT2D eigenvalue weighted by Gasteiger charge is -2.29. The minimum Gasteiger partial charge on any atom is -0.495 e. The predicted octanol–water partition coefficient (Wildman–Crippen LogP) is 3.02. The van der Waals surface area contributed by atoms with Crippen molar-refractivity contribution < 1.29 is 19.1 Å². The molecule has 1 heterocycles. The summed E-state index contributed by atoms with van der Waals surface area (Å²) < 4.78 is 10.5. The molecule has 25 heavy (non-hydrogen) atoms. The van der Waals surface area contributed by atoms with Crippen LogP contribution in [0.4, 0.5) is 11.4 Å². The number of ether oxygens (including phenoxy) is 2. The Morgan fingerprint density at radius 3 is 2.84 bits per heavy atom. The molecule has 130 valence electrons. The molecule has 7 heteroatoms. The van der Waals surface area contributed by atoms with E-state index in [0.29, 0.717) is 27.9 Å². The Morgan fingerprint density at radius 2 is 2.12 bits per heavy atom. The van der Waals surface area contributed by atoms with Gasteiger partial charge in [-0.3, -0.25) is 14.5 Å². The fourth-order valence-corrected chi connectivity index (χ4v) is 2.83. The first-order valence-corrected chi connectivity index (χ1v) is 8.03. The van der Waals surface area contributed by atoms with Crippen LogP contribution in [-0.2, 0) is 9.59 Å². The van der Waals surface area contributed by atoms with E-state index < -0.39 is 0 Å². The third-order valence-electron chi connectivity index (χ3n) is 3.80. The van der Waals surface area contributed by atoms with Crippen LogP contribution in [0.1, 0.15) is 5.56 Å². The second kappa shape index (κ2) is 7.03. The van der Waals surface area contributed by atoms with Gasteiger partial charge in [0.1, 0.15) is 18.0 Å². The first-order valence-electron chi connectivity index (χ1n) is 7.65. The van der Waals surface area contributed by atoms with E-state index in [1.165, 1.54) is 12.0 Å². The Morgan fingerprint density at radius 1 is 1.32 bits per heavy atom. The summed E-state index contributed by atoms with van der Waals surface area (Å²) in [5, 5.41) is 3.12. The minimum atomic E-state index is -0.331. The number of carbonyl (C=O) groups excluding carboxylic acids is 2. The van der Waals surface area contributed by atoms with Gasteiger partial charge in [0.25, 0.3) is 5.91 Å². The van der Waals surface area contributed by atoms with Crippen LogP contribution in [0.3, 0.4) is 0 Å². The molecular weight excluding hydrogens is 344 g/mol. The van der Waals surface area contributed by atoms with E-state index in [9.17, 15) is 9.59 Å². The fraction of sp³-hybridized carbons (Fsp3) is 0.222. The van der Waals surface area contributed by atoms with Crippen molar-refractivity contribution >= 4 is 34.8 Å². The van der Waals surface area contributed by atoms with Gasteiger partial charge in [-0.25, -0.2) is 0 Å². The lowest BCUT2D eigenvalue weighted by molar-refractivity contribution is -0.123. The summed E-state index contributed by atoms with van der Waals surface area (Å²) >= 11 is 6.05. The number of fused-ring (bicyclic) bond motifs is 1. The summed E-state index contributed by atoms with van der Waals surface area (Å²) in [5.41, 5.74) is 2.13. The van der Waals surface area contributed by atoms with Gasteiger partial charge < -0.3 is 14.8 Å². The average Bonchev–Trinajstić information content (AvgIpc) is 2.57. The minimum absolute atomic E-state index is 0.0852. The van der Waals surface area contributed by atoms with Gasteiger partial charge in [-0.05, 0) is 42.8 Å². The smallest absolute Gasteiger partial charge is 0.265 e. The number of rotatable bonds is 4. The number of anilines is 2. The summed E-state index contributed by atoms with van der Waals surface area (Å²) in [6.07, 6.45) is 0. The van der Waals surface area contributed by atoms with E-state index >= 15 is 0 Å². The molecule has 0 fully saturated rings. The van der Waals surface area contributed by atoms with Gasteiger partial charge in [0, 0.05) is 5.69 Å². The maximum Gasteiger partial charge on any atom is 0.265 e. The molecule has 0 aromatic heterocycles. The number of amides is 2. The lowest BCUT2D eigenvalue weighted by Crippen LogP contribution is -2.43. The Balaban J connectivity index is 1.75. The molecule has 0 unspecified atom stereocenters. The van der Waals surface area contributed by atoms with E-state index in [1.807, 2.05) is 19.1 Å². The topological polar surface area (TPSA) is 67.9 Å². The number of aryl methyl sites for hydroxylation is 1. The van der Waals surface area contributed by atoms with Crippen LogP contribution < -0.4 is 19.7 Å². The van der Waals surface area contributed by atoms with E-state index in [2.05, 4.69) is 5.32 Å². The molecule has 2 aromatic carbocycles.